The van der Waals surface area contributed by atoms with Crippen LogP contribution in [0.5, 0.6) is 0 Å². The molecule has 1 aromatic carbocycles. The lowest BCUT2D eigenvalue weighted by atomic mass is 10.2. The van der Waals surface area contributed by atoms with Gasteiger partial charge in [-0.2, -0.15) is 4.31 Å². The van der Waals surface area contributed by atoms with Crippen molar-refractivity contribution in [2.45, 2.75) is 24.7 Å². The van der Waals surface area contributed by atoms with E-state index in [1.54, 1.807) is 24.3 Å². The Hall–Kier alpha value is -1.35. The average Bonchev–Trinajstić information content (AvgIpc) is 2.87. The molecular weight excluding hydrogens is 274 g/mol. The topological polar surface area (TPSA) is 57.6 Å². The third-order valence-corrected chi connectivity index (χ3v) is 5.19. The molecular formula is C15H19NO3S. The summed E-state index contributed by atoms with van der Waals surface area (Å²) in [6, 6.07) is 6.68. The van der Waals surface area contributed by atoms with Gasteiger partial charge in [0.2, 0.25) is 10.0 Å². The first kappa shape index (κ1) is 15.0. The maximum atomic E-state index is 12.5. The van der Waals surface area contributed by atoms with Crippen LogP contribution < -0.4 is 0 Å². The maximum absolute atomic E-state index is 12.5. The molecule has 1 aromatic rings. The predicted molar refractivity (Wildman–Crippen MR) is 77.6 cm³/mol. The molecule has 1 aliphatic rings. The van der Waals surface area contributed by atoms with Crippen molar-refractivity contribution in [3.63, 3.8) is 0 Å². The second-order valence-corrected chi connectivity index (χ2v) is 7.00. The molecule has 0 saturated carbocycles. The van der Waals surface area contributed by atoms with Crippen LogP contribution >= 0.6 is 0 Å². The molecule has 1 saturated heterocycles. The van der Waals surface area contributed by atoms with E-state index in [1.807, 2.05) is 0 Å². The van der Waals surface area contributed by atoms with Gasteiger partial charge in [-0.25, -0.2) is 8.42 Å². The van der Waals surface area contributed by atoms with Crippen molar-refractivity contribution >= 4 is 10.0 Å². The summed E-state index contributed by atoms with van der Waals surface area (Å²) in [4.78, 5) is 0.294. The number of rotatable bonds is 3. The van der Waals surface area contributed by atoms with Gasteiger partial charge >= 0.3 is 0 Å². The third-order valence-electron chi connectivity index (χ3n) is 3.33. The minimum atomic E-state index is -3.41. The van der Waals surface area contributed by atoms with Gasteiger partial charge in [0.05, 0.1) is 11.5 Å². The van der Waals surface area contributed by atoms with Gasteiger partial charge in [-0.15, -0.1) is 0 Å². The van der Waals surface area contributed by atoms with Crippen molar-refractivity contribution in [1.82, 2.24) is 4.31 Å². The zero-order valence-corrected chi connectivity index (χ0v) is 12.4. The number of benzene rings is 1. The first-order chi connectivity index (χ1) is 9.54. The number of aliphatic hydroxyl groups excluding tert-OH is 1. The lowest BCUT2D eigenvalue weighted by Crippen LogP contribution is -2.28. The highest BCUT2D eigenvalue weighted by molar-refractivity contribution is 7.89. The van der Waals surface area contributed by atoms with Gasteiger partial charge in [0.1, 0.15) is 0 Å². The fraction of sp³-hybridized carbons (Fsp3) is 0.467. The smallest absolute Gasteiger partial charge is 0.243 e. The lowest BCUT2D eigenvalue weighted by molar-refractivity contribution is 0.305. The van der Waals surface area contributed by atoms with E-state index in [9.17, 15) is 8.42 Å². The molecule has 1 aliphatic heterocycles. The van der Waals surface area contributed by atoms with E-state index in [1.165, 1.54) is 4.31 Å². The van der Waals surface area contributed by atoms with Gasteiger partial charge in [-0.1, -0.05) is 24.8 Å². The second kappa shape index (κ2) is 6.40. The Labute approximate surface area is 120 Å². The van der Waals surface area contributed by atoms with E-state index in [-0.39, 0.29) is 6.61 Å². The molecule has 0 spiro atoms. The molecule has 0 amide bonds. The highest BCUT2D eigenvalue weighted by Gasteiger charge is 2.30. The van der Waals surface area contributed by atoms with Crippen molar-refractivity contribution in [3.05, 3.63) is 29.8 Å². The van der Waals surface area contributed by atoms with Crippen molar-refractivity contribution in [2.75, 3.05) is 19.7 Å². The van der Waals surface area contributed by atoms with E-state index in [0.29, 0.717) is 35.9 Å². The highest BCUT2D eigenvalue weighted by atomic mass is 32.2. The van der Waals surface area contributed by atoms with Gasteiger partial charge in [0.15, 0.2) is 0 Å². The summed E-state index contributed by atoms with van der Waals surface area (Å²) >= 11 is 0. The molecule has 1 fully saturated rings. The zero-order chi connectivity index (χ0) is 14.6. The third kappa shape index (κ3) is 3.40. The van der Waals surface area contributed by atoms with Crippen LogP contribution in [0.25, 0.3) is 0 Å². The molecule has 4 nitrogen and oxygen atoms in total. The maximum Gasteiger partial charge on any atom is 0.243 e. The van der Waals surface area contributed by atoms with Crippen LogP contribution in [-0.4, -0.2) is 37.5 Å². The quantitative estimate of drug-likeness (QED) is 0.858. The Morgan fingerprint density at radius 1 is 1.45 bits per heavy atom. The molecule has 5 heteroatoms. The molecule has 0 aliphatic carbocycles. The normalized spacial score (nSPS) is 19.6. The number of aliphatic hydroxyl groups is 1. The van der Waals surface area contributed by atoms with Crippen molar-refractivity contribution in [2.24, 2.45) is 5.92 Å². The Kier molecular flexibility index (Phi) is 4.81. The summed E-state index contributed by atoms with van der Waals surface area (Å²) in [5.74, 6) is 6.08. The van der Waals surface area contributed by atoms with Crippen molar-refractivity contribution in [1.29, 1.82) is 0 Å². The fourth-order valence-electron chi connectivity index (χ4n) is 2.22. The van der Waals surface area contributed by atoms with Gasteiger partial charge < -0.3 is 5.11 Å². The van der Waals surface area contributed by atoms with Gasteiger partial charge in [-0.05, 0) is 30.5 Å². The van der Waals surface area contributed by atoms with Crippen LogP contribution in [-0.2, 0) is 10.0 Å². The van der Waals surface area contributed by atoms with Crippen LogP contribution in [0.15, 0.2) is 29.2 Å². The van der Waals surface area contributed by atoms with E-state index in [0.717, 1.165) is 6.42 Å². The zero-order valence-electron chi connectivity index (χ0n) is 11.5. The van der Waals surface area contributed by atoms with Crippen molar-refractivity contribution in [3.8, 4) is 11.8 Å². The molecule has 1 N–H and O–H groups in total. The first-order valence-corrected chi connectivity index (χ1v) is 8.18. The summed E-state index contributed by atoms with van der Waals surface area (Å²) in [6.07, 6.45) is 1.30. The molecule has 108 valence electrons. The molecule has 20 heavy (non-hydrogen) atoms. The molecule has 0 bridgehead atoms. The molecule has 0 radical (unpaired) electrons. The average molecular weight is 293 g/mol. The van der Waals surface area contributed by atoms with E-state index in [4.69, 9.17) is 5.11 Å². The fourth-order valence-corrected chi connectivity index (χ4v) is 3.84. The number of hydrogen-bond acceptors (Lipinski definition) is 3. The van der Waals surface area contributed by atoms with Crippen LogP contribution in [0.1, 0.15) is 25.3 Å². The van der Waals surface area contributed by atoms with E-state index >= 15 is 0 Å². The minimum Gasteiger partial charge on any atom is -0.395 e. The van der Waals surface area contributed by atoms with E-state index in [2.05, 4.69) is 18.8 Å². The molecule has 1 unspecified atom stereocenters. The largest absolute Gasteiger partial charge is 0.395 e. The van der Waals surface area contributed by atoms with Gasteiger partial charge in [-0.3, -0.25) is 0 Å². The van der Waals surface area contributed by atoms with Gasteiger partial charge in [0.25, 0.3) is 0 Å². The Balaban J connectivity index is 2.24. The SMILES string of the molecule is CC1CCN(S(=O)(=O)c2cccc(C#CCCO)c2)C1. The number of nitrogens with zero attached hydrogens (tertiary/aromatic N) is 1. The van der Waals surface area contributed by atoms with Crippen LogP contribution in [0.2, 0.25) is 0 Å². The minimum absolute atomic E-state index is 0.0106. The van der Waals surface area contributed by atoms with Crippen molar-refractivity contribution < 1.29 is 13.5 Å². The van der Waals surface area contributed by atoms with Gasteiger partial charge in [0, 0.05) is 25.1 Å². The lowest BCUT2D eigenvalue weighted by Gasteiger charge is -2.16. The molecule has 0 aromatic heterocycles. The summed E-state index contributed by atoms with van der Waals surface area (Å²) < 4.78 is 26.5. The Morgan fingerprint density at radius 2 is 2.25 bits per heavy atom. The number of hydrogen-bond donors (Lipinski definition) is 1. The van der Waals surface area contributed by atoms with Crippen LogP contribution in [0.3, 0.4) is 0 Å². The standard InChI is InChI=1S/C15H19NO3S/c1-13-8-9-16(12-13)20(18,19)15-7-4-6-14(11-15)5-2-3-10-17/h4,6-7,11,13,17H,3,8-10,12H2,1H3. The summed E-state index contributed by atoms with van der Waals surface area (Å²) in [6.45, 7) is 3.25. The second-order valence-electron chi connectivity index (χ2n) is 5.06. The molecule has 1 atom stereocenters. The summed E-state index contributed by atoms with van der Waals surface area (Å²) in [5.41, 5.74) is 0.659. The molecule has 1 heterocycles. The first-order valence-electron chi connectivity index (χ1n) is 6.74. The van der Waals surface area contributed by atoms with Crippen LogP contribution in [0, 0.1) is 17.8 Å². The summed E-state index contributed by atoms with van der Waals surface area (Å²) in [5, 5.41) is 8.69. The highest BCUT2D eigenvalue weighted by Crippen LogP contribution is 2.24. The molecule has 2 rings (SSSR count). The Morgan fingerprint density at radius 3 is 2.90 bits per heavy atom. The Bertz CT molecular complexity index is 628. The predicted octanol–water partition coefficient (Wildman–Crippen LogP) is 1.45. The summed E-state index contributed by atoms with van der Waals surface area (Å²) in [7, 11) is -3.41. The monoisotopic (exact) mass is 293 g/mol. The van der Waals surface area contributed by atoms with E-state index < -0.39 is 10.0 Å². The van der Waals surface area contributed by atoms with Crippen LogP contribution in [0.4, 0.5) is 0 Å². The number of sulfonamides is 1.